The molecule has 0 radical (unpaired) electrons. The van der Waals surface area contributed by atoms with Gasteiger partial charge in [-0.2, -0.15) is 0 Å². The smallest absolute Gasteiger partial charge is 0.408 e. The van der Waals surface area contributed by atoms with Crippen LogP contribution in [-0.4, -0.2) is 29.8 Å². The van der Waals surface area contributed by atoms with E-state index in [1.54, 1.807) is 20.8 Å². The van der Waals surface area contributed by atoms with Gasteiger partial charge in [-0.3, -0.25) is 0 Å². The zero-order valence-corrected chi connectivity index (χ0v) is 17.2. The second kappa shape index (κ2) is 8.75. The summed E-state index contributed by atoms with van der Waals surface area (Å²) >= 11 is 11.9. The van der Waals surface area contributed by atoms with Gasteiger partial charge < -0.3 is 14.8 Å². The van der Waals surface area contributed by atoms with E-state index >= 15 is 0 Å². The number of ether oxygens (including phenoxy) is 2. The number of amides is 1. The van der Waals surface area contributed by atoms with Gasteiger partial charge in [0.1, 0.15) is 16.6 Å². The number of nitrogens with one attached hydrogen (secondary N) is 1. The molecule has 1 N–H and O–H groups in total. The largest absolute Gasteiger partial charge is 0.467 e. The predicted molar refractivity (Wildman–Crippen MR) is 104 cm³/mol. The molecule has 0 aliphatic heterocycles. The zero-order chi connectivity index (χ0) is 21.1. The van der Waals surface area contributed by atoms with Crippen molar-refractivity contribution < 1.29 is 23.5 Å². The van der Waals surface area contributed by atoms with E-state index < -0.39 is 29.5 Å². The highest BCUT2D eigenvalue weighted by atomic mass is 35.5. The molecule has 9 heteroatoms. The molecule has 2 rings (SSSR count). The summed E-state index contributed by atoms with van der Waals surface area (Å²) in [6.07, 6.45) is -0.804. The van der Waals surface area contributed by atoms with Gasteiger partial charge in [0, 0.05) is 5.56 Å². The number of esters is 1. The van der Waals surface area contributed by atoms with Crippen molar-refractivity contribution in [1.29, 1.82) is 0 Å². The molecule has 1 amide bonds. The third-order valence-corrected chi connectivity index (χ3v) is 3.95. The van der Waals surface area contributed by atoms with Crippen molar-refractivity contribution in [1.82, 2.24) is 10.3 Å². The topological polar surface area (TPSA) is 77.5 Å². The van der Waals surface area contributed by atoms with E-state index in [1.807, 2.05) is 0 Å². The third-order valence-electron chi connectivity index (χ3n) is 3.46. The van der Waals surface area contributed by atoms with Gasteiger partial charge in [0.15, 0.2) is 6.04 Å². The van der Waals surface area contributed by atoms with Gasteiger partial charge in [-0.1, -0.05) is 23.2 Å². The monoisotopic (exact) mass is 428 g/mol. The number of hydrogen-bond acceptors (Lipinski definition) is 5. The van der Waals surface area contributed by atoms with Crippen LogP contribution in [0, 0.1) is 5.82 Å². The van der Waals surface area contributed by atoms with Gasteiger partial charge in [0.2, 0.25) is 0 Å². The molecule has 0 aliphatic rings. The molecule has 0 fully saturated rings. The molecule has 1 atom stereocenters. The lowest BCUT2D eigenvalue weighted by Crippen LogP contribution is -2.38. The SMILES string of the molecule is COC(=O)C(NC(=O)OC(C)(C)C)c1cc(Cl)nc(-c2ccc(F)c(Cl)c2)c1. The molecule has 0 saturated heterocycles. The van der Waals surface area contributed by atoms with E-state index in [0.29, 0.717) is 16.8 Å². The van der Waals surface area contributed by atoms with E-state index in [2.05, 4.69) is 10.3 Å². The van der Waals surface area contributed by atoms with Gasteiger partial charge in [-0.25, -0.2) is 19.0 Å². The number of carbonyl (C=O) groups is 2. The molecule has 150 valence electrons. The number of pyridine rings is 1. The Morgan fingerprint density at radius 2 is 1.86 bits per heavy atom. The highest BCUT2D eigenvalue weighted by Crippen LogP contribution is 2.28. The Morgan fingerprint density at radius 3 is 2.43 bits per heavy atom. The number of nitrogens with zero attached hydrogens (tertiary/aromatic N) is 1. The Kier molecular flexibility index (Phi) is 6.85. The number of hydrogen-bond donors (Lipinski definition) is 1. The minimum atomic E-state index is -1.19. The van der Waals surface area contributed by atoms with Gasteiger partial charge >= 0.3 is 12.1 Å². The molecule has 28 heavy (non-hydrogen) atoms. The fraction of sp³-hybridized carbons (Fsp3) is 0.316. The van der Waals surface area contributed by atoms with Crippen molar-refractivity contribution >= 4 is 35.3 Å². The van der Waals surface area contributed by atoms with Gasteiger partial charge in [0.25, 0.3) is 0 Å². The normalized spacial score (nSPS) is 12.2. The molecule has 0 saturated carbocycles. The molecule has 0 bridgehead atoms. The van der Waals surface area contributed by atoms with Crippen LogP contribution in [0.15, 0.2) is 30.3 Å². The van der Waals surface area contributed by atoms with Gasteiger partial charge in [-0.15, -0.1) is 0 Å². The molecule has 1 heterocycles. The average molecular weight is 429 g/mol. The Morgan fingerprint density at radius 1 is 1.18 bits per heavy atom. The second-order valence-corrected chi connectivity index (χ2v) is 7.63. The lowest BCUT2D eigenvalue weighted by atomic mass is 10.0. The summed E-state index contributed by atoms with van der Waals surface area (Å²) in [7, 11) is 1.19. The minimum Gasteiger partial charge on any atom is -0.467 e. The molecule has 0 aliphatic carbocycles. The minimum absolute atomic E-state index is 0.0628. The Labute approximate surface area is 171 Å². The maximum Gasteiger partial charge on any atom is 0.408 e. The highest BCUT2D eigenvalue weighted by molar-refractivity contribution is 6.31. The Hall–Kier alpha value is -2.38. The predicted octanol–water partition coefficient (Wildman–Crippen LogP) is 4.93. The molecular formula is C19H19Cl2FN2O4. The summed E-state index contributed by atoms with van der Waals surface area (Å²) in [5.41, 5.74) is 0.380. The Balaban J connectivity index is 2.43. The molecular weight excluding hydrogens is 410 g/mol. The number of rotatable bonds is 4. The fourth-order valence-electron chi connectivity index (χ4n) is 2.31. The van der Waals surface area contributed by atoms with Crippen molar-refractivity contribution in [3.8, 4) is 11.3 Å². The first-order chi connectivity index (χ1) is 13.0. The van der Waals surface area contributed by atoms with Crippen LogP contribution in [0.2, 0.25) is 10.2 Å². The number of methoxy groups -OCH3 is 1. The molecule has 1 aromatic heterocycles. The van der Waals surface area contributed by atoms with E-state index in [4.69, 9.17) is 32.7 Å². The van der Waals surface area contributed by atoms with Crippen LogP contribution in [0.5, 0.6) is 0 Å². The quantitative estimate of drug-likeness (QED) is 0.551. The fourth-order valence-corrected chi connectivity index (χ4v) is 2.71. The standard InChI is InChI=1S/C19H19Cl2FN2O4/c1-19(2,3)28-18(26)24-16(17(25)27-4)11-8-14(23-15(21)9-11)10-5-6-13(22)12(20)7-10/h5-9,16H,1-4H3,(H,24,26). The number of benzene rings is 1. The summed E-state index contributed by atoms with van der Waals surface area (Å²) in [4.78, 5) is 28.5. The summed E-state index contributed by atoms with van der Waals surface area (Å²) in [5, 5.41) is 2.44. The van der Waals surface area contributed by atoms with Crippen LogP contribution in [-0.2, 0) is 14.3 Å². The Bertz CT molecular complexity index is 900. The lowest BCUT2D eigenvalue weighted by molar-refractivity contribution is -0.143. The second-order valence-electron chi connectivity index (χ2n) is 6.84. The molecule has 0 spiro atoms. The van der Waals surface area contributed by atoms with Gasteiger partial charge in [0.05, 0.1) is 17.8 Å². The van der Waals surface area contributed by atoms with Crippen LogP contribution in [0.4, 0.5) is 9.18 Å². The summed E-state index contributed by atoms with van der Waals surface area (Å²) < 4.78 is 23.4. The summed E-state index contributed by atoms with van der Waals surface area (Å²) in [6, 6.07) is 5.79. The maximum absolute atomic E-state index is 13.4. The van der Waals surface area contributed by atoms with Crippen LogP contribution < -0.4 is 5.32 Å². The average Bonchev–Trinajstić information content (AvgIpc) is 2.59. The lowest BCUT2D eigenvalue weighted by Gasteiger charge is -2.23. The first kappa shape index (κ1) is 21.9. The molecule has 1 aromatic carbocycles. The van der Waals surface area contributed by atoms with Gasteiger partial charge in [-0.05, 0) is 56.7 Å². The van der Waals surface area contributed by atoms with Crippen molar-refractivity contribution in [2.75, 3.05) is 7.11 Å². The highest BCUT2D eigenvalue weighted by Gasteiger charge is 2.27. The molecule has 6 nitrogen and oxygen atoms in total. The van der Waals surface area contributed by atoms with Crippen LogP contribution in [0.3, 0.4) is 0 Å². The van der Waals surface area contributed by atoms with Crippen molar-refractivity contribution in [2.45, 2.75) is 32.4 Å². The third kappa shape index (κ3) is 5.81. The first-order valence-corrected chi connectivity index (χ1v) is 8.96. The number of halogens is 3. The maximum atomic E-state index is 13.4. The van der Waals surface area contributed by atoms with E-state index in [9.17, 15) is 14.0 Å². The first-order valence-electron chi connectivity index (χ1n) is 8.20. The van der Waals surface area contributed by atoms with Crippen molar-refractivity contribution in [3.05, 3.63) is 51.9 Å². The van der Waals surface area contributed by atoms with E-state index in [0.717, 1.165) is 0 Å². The molecule has 1 unspecified atom stereocenters. The van der Waals surface area contributed by atoms with Crippen molar-refractivity contribution in [3.63, 3.8) is 0 Å². The van der Waals surface area contributed by atoms with Crippen LogP contribution in [0.25, 0.3) is 11.3 Å². The molecule has 2 aromatic rings. The van der Waals surface area contributed by atoms with Crippen molar-refractivity contribution in [2.24, 2.45) is 0 Å². The summed E-state index contributed by atoms with van der Waals surface area (Å²) in [5.74, 6) is -1.30. The van der Waals surface area contributed by atoms with E-state index in [-0.39, 0.29) is 10.2 Å². The van der Waals surface area contributed by atoms with Crippen LogP contribution in [0.1, 0.15) is 32.4 Å². The summed E-state index contributed by atoms with van der Waals surface area (Å²) in [6.45, 7) is 5.08. The number of carbonyl (C=O) groups excluding carboxylic acids is 2. The van der Waals surface area contributed by atoms with E-state index in [1.165, 1.54) is 37.4 Å². The van der Waals surface area contributed by atoms with Crippen LogP contribution >= 0.6 is 23.2 Å². The number of alkyl carbamates (subject to hydrolysis) is 1. The zero-order valence-electron chi connectivity index (χ0n) is 15.7. The number of aromatic nitrogens is 1.